The largest absolute Gasteiger partial charge is 0.341 e. The Labute approximate surface area is 189 Å². The average Bonchev–Trinajstić information content (AvgIpc) is 3.20. The quantitative estimate of drug-likeness (QED) is 0.695. The first-order valence-electron chi connectivity index (χ1n) is 11.2. The second-order valence-corrected chi connectivity index (χ2v) is 9.25. The zero-order valence-electron chi connectivity index (χ0n) is 18.3. The highest BCUT2D eigenvalue weighted by atomic mass is 35.5. The van der Waals surface area contributed by atoms with Gasteiger partial charge in [0.2, 0.25) is 11.8 Å². The number of amides is 2. The Bertz CT molecular complexity index is 952. The predicted molar refractivity (Wildman–Crippen MR) is 122 cm³/mol. The van der Waals surface area contributed by atoms with Crippen molar-refractivity contribution in [3.63, 3.8) is 0 Å². The summed E-state index contributed by atoms with van der Waals surface area (Å²) in [4.78, 5) is 33.4. The summed E-state index contributed by atoms with van der Waals surface area (Å²) in [6, 6.07) is 12.0. The Morgan fingerprint density at radius 3 is 2.48 bits per heavy atom. The molecule has 1 unspecified atom stereocenters. The number of hydrogen-bond acceptors (Lipinski definition) is 3. The van der Waals surface area contributed by atoms with Crippen molar-refractivity contribution in [2.45, 2.75) is 57.9 Å². The van der Waals surface area contributed by atoms with Gasteiger partial charge >= 0.3 is 0 Å². The number of piperidine rings is 1. The number of pyridine rings is 1. The van der Waals surface area contributed by atoms with E-state index in [0.717, 1.165) is 55.2 Å². The lowest BCUT2D eigenvalue weighted by molar-refractivity contribution is -0.143. The first-order valence-corrected chi connectivity index (χ1v) is 11.6. The standard InChI is InChI=1S/C25H30ClN3O2/c1-17-14-20(15-19-5-7-22(26)8-6-19)16-23(27-17)21-9-12-28(13-10-21)25(31)18(2)29-11-3-4-24(29)30/h5-8,14,16,18,21H,3-4,9-13,15H2,1-2H3. The van der Waals surface area contributed by atoms with Gasteiger partial charge in [-0.3, -0.25) is 14.6 Å². The monoisotopic (exact) mass is 439 g/mol. The van der Waals surface area contributed by atoms with Gasteiger partial charge in [-0.2, -0.15) is 0 Å². The smallest absolute Gasteiger partial charge is 0.245 e. The fraction of sp³-hybridized carbons (Fsp3) is 0.480. The van der Waals surface area contributed by atoms with Gasteiger partial charge in [0.15, 0.2) is 0 Å². The molecule has 5 nitrogen and oxygen atoms in total. The van der Waals surface area contributed by atoms with Crippen LogP contribution in [0.15, 0.2) is 36.4 Å². The molecular formula is C25H30ClN3O2. The highest BCUT2D eigenvalue weighted by molar-refractivity contribution is 6.30. The number of hydrogen-bond donors (Lipinski definition) is 0. The van der Waals surface area contributed by atoms with Crippen LogP contribution >= 0.6 is 11.6 Å². The van der Waals surface area contributed by atoms with E-state index in [0.29, 0.717) is 18.9 Å². The third-order valence-electron chi connectivity index (χ3n) is 6.51. The molecule has 0 N–H and O–H groups in total. The van der Waals surface area contributed by atoms with Crippen LogP contribution in [-0.2, 0) is 16.0 Å². The van der Waals surface area contributed by atoms with Crippen molar-refractivity contribution in [3.8, 4) is 0 Å². The molecule has 3 heterocycles. The molecule has 2 aromatic rings. The molecule has 0 bridgehead atoms. The van der Waals surface area contributed by atoms with E-state index in [1.54, 1.807) is 4.90 Å². The second-order valence-electron chi connectivity index (χ2n) is 8.81. The maximum Gasteiger partial charge on any atom is 0.245 e. The van der Waals surface area contributed by atoms with E-state index in [2.05, 4.69) is 24.3 Å². The zero-order chi connectivity index (χ0) is 22.0. The summed E-state index contributed by atoms with van der Waals surface area (Å²) < 4.78 is 0. The van der Waals surface area contributed by atoms with E-state index in [1.807, 2.05) is 30.9 Å². The van der Waals surface area contributed by atoms with Gasteiger partial charge in [-0.1, -0.05) is 23.7 Å². The van der Waals surface area contributed by atoms with Crippen LogP contribution in [0.1, 0.15) is 61.0 Å². The minimum absolute atomic E-state index is 0.0781. The van der Waals surface area contributed by atoms with Gasteiger partial charge in [-0.25, -0.2) is 0 Å². The highest BCUT2D eigenvalue weighted by Crippen LogP contribution is 2.29. The summed E-state index contributed by atoms with van der Waals surface area (Å²) in [5, 5.41) is 0.750. The molecule has 2 fully saturated rings. The van der Waals surface area contributed by atoms with E-state index in [-0.39, 0.29) is 17.9 Å². The van der Waals surface area contributed by atoms with E-state index in [1.165, 1.54) is 11.1 Å². The van der Waals surface area contributed by atoms with Crippen molar-refractivity contribution in [1.29, 1.82) is 0 Å². The Kier molecular flexibility index (Phi) is 6.61. The Morgan fingerprint density at radius 1 is 1.13 bits per heavy atom. The minimum atomic E-state index is -0.352. The van der Waals surface area contributed by atoms with Crippen LogP contribution in [0.4, 0.5) is 0 Å². The number of nitrogens with zero attached hydrogens (tertiary/aromatic N) is 3. The van der Waals surface area contributed by atoms with Gasteiger partial charge in [-0.15, -0.1) is 0 Å². The van der Waals surface area contributed by atoms with Crippen LogP contribution in [0, 0.1) is 6.92 Å². The minimum Gasteiger partial charge on any atom is -0.341 e. The molecule has 0 radical (unpaired) electrons. The van der Waals surface area contributed by atoms with Gasteiger partial charge in [0.05, 0.1) is 0 Å². The van der Waals surface area contributed by atoms with Gasteiger partial charge in [-0.05, 0) is 74.9 Å². The van der Waals surface area contributed by atoms with Crippen LogP contribution in [0.2, 0.25) is 5.02 Å². The summed E-state index contributed by atoms with van der Waals surface area (Å²) in [5.74, 6) is 0.541. The number of benzene rings is 1. The van der Waals surface area contributed by atoms with Crippen LogP contribution < -0.4 is 0 Å². The number of halogens is 1. The molecule has 0 saturated carbocycles. The summed E-state index contributed by atoms with van der Waals surface area (Å²) >= 11 is 6.01. The van der Waals surface area contributed by atoms with Crippen molar-refractivity contribution in [1.82, 2.24) is 14.8 Å². The summed E-state index contributed by atoms with van der Waals surface area (Å²) in [5.41, 5.74) is 4.64. The Morgan fingerprint density at radius 2 is 1.84 bits per heavy atom. The molecule has 4 rings (SSSR count). The van der Waals surface area contributed by atoms with Crippen LogP contribution in [-0.4, -0.2) is 52.3 Å². The second kappa shape index (κ2) is 9.39. The molecule has 0 aliphatic carbocycles. The SMILES string of the molecule is Cc1cc(Cc2ccc(Cl)cc2)cc(C2CCN(C(=O)C(C)N3CCCC3=O)CC2)n1. The first-order chi connectivity index (χ1) is 14.9. The van der Waals surface area contributed by atoms with Crippen molar-refractivity contribution in [2.24, 2.45) is 0 Å². The molecule has 1 aromatic carbocycles. The van der Waals surface area contributed by atoms with Crippen molar-refractivity contribution >= 4 is 23.4 Å². The molecule has 2 aliphatic rings. The third kappa shape index (κ3) is 5.09. The van der Waals surface area contributed by atoms with Gasteiger partial charge in [0.25, 0.3) is 0 Å². The predicted octanol–water partition coefficient (Wildman–Crippen LogP) is 4.35. The maximum atomic E-state index is 12.9. The number of rotatable bonds is 5. The van der Waals surface area contributed by atoms with Crippen molar-refractivity contribution in [3.05, 3.63) is 63.9 Å². The molecule has 0 spiro atoms. The fourth-order valence-corrected chi connectivity index (χ4v) is 4.92. The molecule has 6 heteroatoms. The van der Waals surface area contributed by atoms with Crippen molar-refractivity contribution < 1.29 is 9.59 Å². The molecule has 1 atom stereocenters. The fourth-order valence-electron chi connectivity index (χ4n) is 4.79. The lowest BCUT2D eigenvalue weighted by Gasteiger charge is -2.35. The van der Waals surface area contributed by atoms with Crippen molar-refractivity contribution in [2.75, 3.05) is 19.6 Å². The highest BCUT2D eigenvalue weighted by Gasteiger charge is 2.34. The topological polar surface area (TPSA) is 53.5 Å². The molecule has 2 saturated heterocycles. The normalized spacial score (nSPS) is 18.5. The van der Waals surface area contributed by atoms with E-state index in [4.69, 9.17) is 16.6 Å². The molecule has 31 heavy (non-hydrogen) atoms. The number of carbonyl (C=O) groups excluding carboxylic acids is 2. The van der Waals surface area contributed by atoms with Crippen LogP contribution in [0.3, 0.4) is 0 Å². The third-order valence-corrected chi connectivity index (χ3v) is 6.77. The summed E-state index contributed by atoms with van der Waals surface area (Å²) in [7, 11) is 0. The molecule has 164 valence electrons. The van der Waals surface area contributed by atoms with Crippen LogP contribution in [0.5, 0.6) is 0 Å². The Balaban J connectivity index is 1.39. The lowest BCUT2D eigenvalue weighted by Crippen LogP contribution is -2.49. The number of likely N-dealkylation sites (tertiary alicyclic amines) is 2. The first kappa shape index (κ1) is 21.8. The number of carbonyl (C=O) groups is 2. The zero-order valence-corrected chi connectivity index (χ0v) is 19.1. The van der Waals surface area contributed by atoms with Gasteiger partial charge in [0, 0.05) is 48.4 Å². The van der Waals surface area contributed by atoms with Gasteiger partial charge < -0.3 is 9.80 Å². The molecular weight excluding hydrogens is 410 g/mol. The van der Waals surface area contributed by atoms with E-state index < -0.39 is 0 Å². The molecule has 2 amide bonds. The Hall–Kier alpha value is -2.40. The van der Waals surface area contributed by atoms with E-state index in [9.17, 15) is 9.59 Å². The lowest BCUT2D eigenvalue weighted by atomic mass is 9.91. The molecule has 1 aromatic heterocycles. The number of aryl methyl sites for hydroxylation is 1. The van der Waals surface area contributed by atoms with Crippen LogP contribution in [0.25, 0.3) is 0 Å². The number of aromatic nitrogens is 1. The van der Waals surface area contributed by atoms with E-state index >= 15 is 0 Å². The summed E-state index contributed by atoms with van der Waals surface area (Å²) in [6.45, 7) is 6.05. The maximum absolute atomic E-state index is 12.9. The summed E-state index contributed by atoms with van der Waals surface area (Å²) in [6.07, 6.45) is 4.09. The molecule has 2 aliphatic heterocycles. The van der Waals surface area contributed by atoms with Gasteiger partial charge in [0.1, 0.15) is 6.04 Å². The average molecular weight is 440 g/mol.